The highest BCUT2D eigenvalue weighted by Crippen LogP contribution is 2.38. The highest BCUT2D eigenvalue weighted by Gasteiger charge is 2.29. The van der Waals surface area contributed by atoms with E-state index in [9.17, 15) is 28.1 Å². The minimum atomic E-state index is -3.84. The molecular formula is C19H20N2O7S. The number of esters is 1. The van der Waals surface area contributed by atoms with E-state index >= 15 is 0 Å². The molecule has 0 bridgehead atoms. The Hall–Kier alpha value is -3.01. The van der Waals surface area contributed by atoms with Crippen LogP contribution in [0.15, 0.2) is 29.2 Å². The second kappa shape index (κ2) is 7.43. The van der Waals surface area contributed by atoms with Crippen LogP contribution in [0.25, 0.3) is 0 Å². The summed E-state index contributed by atoms with van der Waals surface area (Å²) in [6.07, 6.45) is 2.98. The molecule has 1 aliphatic carbocycles. The molecule has 0 saturated heterocycles. The second-order valence-electron chi connectivity index (χ2n) is 7.10. The van der Waals surface area contributed by atoms with Crippen molar-refractivity contribution >= 4 is 27.3 Å². The van der Waals surface area contributed by atoms with Gasteiger partial charge in [-0.05, 0) is 44.9 Å². The molecule has 1 aliphatic rings. The van der Waals surface area contributed by atoms with Crippen LogP contribution in [-0.4, -0.2) is 42.5 Å². The molecule has 154 valence electrons. The number of nitro benzene ring substituents is 1. The first-order valence-electron chi connectivity index (χ1n) is 8.88. The number of ketones is 1. The number of aryl methyl sites for hydroxylation is 1. The minimum absolute atomic E-state index is 0.208. The summed E-state index contributed by atoms with van der Waals surface area (Å²) in [6.45, 7) is 3.24. The number of ether oxygens (including phenoxy) is 1. The highest BCUT2D eigenvalue weighted by molar-refractivity contribution is 7.90. The number of aromatic nitrogens is 1. The Morgan fingerprint density at radius 3 is 2.45 bits per heavy atom. The molecule has 2 aromatic rings. The van der Waals surface area contributed by atoms with E-state index in [0.717, 1.165) is 48.7 Å². The largest absolute Gasteiger partial charge is 0.454 e. The number of rotatable bonds is 7. The van der Waals surface area contributed by atoms with Crippen LogP contribution in [0.4, 0.5) is 5.69 Å². The molecule has 3 rings (SSSR count). The third-order valence-corrected chi connectivity index (χ3v) is 5.97. The zero-order valence-electron chi connectivity index (χ0n) is 16.2. The van der Waals surface area contributed by atoms with Crippen LogP contribution in [0.5, 0.6) is 0 Å². The predicted molar refractivity (Wildman–Crippen MR) is 103 cm³/mol. The molecule has 0 atom stereocenters. The smallest absolute Gasteiger partial charge is 0.338 e. The van der Waals surface area contributed by atoms with Crippen molar-refractivity contribution in [2.24, 2.45) is 0 Å². The normalized spacial score (nSPS) is 13.9. The molecule has 0 amide bonds. The summed E-state index contributed by atoms with van der Waals surface area (Å²) in [5, 5.41) is 11.2. The summed E-state index contributed by atoms with van der Waals surface area (Å²) in [7, 11) is -3.84. The van der Waals surface area contributed by atoms with Gasteiger partial charge in [0.2, 0.25) is 5.78 Å². The third-order valence-electron chi connectivity index (χ3n) is 4.82. The van der Waals surface area contributed by atoms with Crippen molar-refractivity contribution in [2.45, 2.75) is 37.6 Å². The molecular weight excluding hydrogens is 400 g/mol. The van der Waals surface area contributed by atoms with Crippen LogP contribution >= 0.6 is 0 Å². The summed E-state index contributed by atoms with van der Waals surface area (Å²) in [6, 6.07) is 5.11. The van der Waals surface area contributed by atoms with Crippen molar-refractivity contribution in [3.63, 3.8) is 0 Å². The van der Waals surface area contributed by atoms with E-state index in [2.05, 4.69) is 4.57 Å². The lowest BCUT2D eigenvalue weighted by Crippen LogP contribution is -2.15. The average molecular weight is 420 g/mol. The van der Waals surface area contributed by atoms with E-state index in [4.69, 9.17) is 4.74 Å². The van der Waals surface area contributed by atoms with E-state index < -0.39 is 37.9 Å². The van der Waals surface area contributed by atoms with Gasteiger partial charge in [0.25, 0.3) is 5.69 Å². The fraction of sp³-hybridized carbons (Fsp3) is 0.368. The molecule has 10 heteroatoms. The maximum atomic E-state index is 12.5. The zero-order chi connectivity index (χ0) is 21.5. The van der Waals surface area contributed by atoms with Crippen LogP contribution in [0.3, 0.4) is 0 Å². The first-order chi connectivity index (χ1) is 13.5. The fourth-order valence-corrected chi connectivity index (χ4v) is 4.18. The monoisotopic (exact) mass is 420 g/mol. The molecule has 0 radical (unpaired) electrons. The summed E-state index contributed by atoms with van der Waals surface area (Å²) < 4.78 is 30.4. The molecule has 0 unspecified atom stereocenters. The number of carbonyl (C=O) groups excluding carboxylic acids is 2. The van der Waals surface area contributed by atoms with Gasteiger partial charge in [-0.1, -0.05) is 0 Å². The summed E-state index contributed by atoms with van der Waals surface area (Å²) in [5.74, 6) is -1.32. The lowest BCUT2D eigenvalue weighted by molar-refractivity contribution is -0.387. The Labute approximate surface area is 167 Å². The van der Waals surface area contributed by atoms with Gasteiger partial charge in [-0.2, -0.15) is 0 Å². The number of Topliss-reactive ketones (excluding diaryl/α,β-unsaturated/α-hetero) is 1. The Morgan fingerprint density at radius 1 is 1.24 bits per heavy atom. The molecule has 1 saturated carbocycles. The second-order valence-corrected chi connectivity index (χ2v) is 9.08. The van der Waals surface area contributed by atoms with E-state index in [1.807, 2.05) is 13.8 Å². The van der Waals surface area contributed by atoms with Crippen LogP contribution in [-0.2, 0) is 14.6 Å². The first kappa shape index (κ1) is 20.7. The maximum Gasteiger partial charge on any atom is 0.338 e. The summed E-state index contributed by atoms with van der Waals surface area (Å²) in [4.78, 5) is 34.5. The van der Waals surface area contributed by atoms with Crippen molar-refractivity contribution in [1.29, 1.82) is 0 Å². The fourth-order valence-electron chi connectivity index (χ4n) is 3.35. The Bertz CT molecular complexity index is 1130. The minimum Gasteiger partial charge on any atom is -0.454 e. The third kappa shape index (κ3) is 4.21. The molecule has 1 aromatic carbocycles. The SMILES string of the molecule is Cc1cc(C(=O)COC(=O)c2ccc(S(C)(=O)=O)c([N+](=O)[O-])c2)c(C)n1C1CC1. The summed E-state index contributed by atoms with van der Waals surface area (Å²) >= 11 is 0. The van der Waals surface area contributed by atoms with Crippen molar-refractivity contribution in [3.05, 3.63) is 56.9 Å². The van der Waals surface area contributed by atoms with E-state index in [1.54, 1.807) is 6.07 Å². The first-order valence-corrected chi connectivity index (χ1v) is 10.8. The number of nitrogens with zero attached hydrogens (tertiary/aromatic N) is 2. The molecule has 0 N–H and O–H groups in total. The van der Waals surface area contributed by atoms with Gasteiger partial charge < -0.3 is 9.30 Å². The summed E-state index contributed by atoms with van der Waals surface area (Å²) in [5.41, 5.74) is 1.33. The molecule has 9 nitrogen and oxygen atoms in total. The van der Waals surface area contributed by atoms with Gasteiger partial charge in [0.05, 0.1) is 10.5 Å². The number of benzene rings is 1. The van der Waals surface area contributed by atoms with E-state index in [1.165, 1.54) is 0 Å². The molecule has 0 aliphatic heterocycles. The molecule has 29 heavy (non-hydrogen) atoms. The van der Waals surface area contributed by atoms with Gasteiger partial charge in [0.1, 0.15) is 4.90 Å². The van der Waals surface area contributed by atoms with Gasteiger partial charge in [-0.25, -0.2) is 13.2 Å². The number of carbonyl (C=O) groups is 2. The average Bonchev–Trinajstić information content (AvgIpc) is 3.42. The van der Waals surface area contributed by atoms with Crippen LogP contribution < -0.4 is 0 Å². The number of hydrogen-bond donors (Lipinski definition) is 0. The lowest BCUT2D eigenvalue weighted by Gasteiger charge is -2.08. The van der Waals surface area contributed by atoms with Crippen molar-refractivity contribution in [2.75, 3.05) is 12.9 Å². The van der Waals surface area contributed by atoms with Gasteiger partial charge in [-0.15, -0.1) is 0 Å². The van der Waals surface area contributed by atoms with Gasteiger partial charge >= 0.3 is 5.97 Å². The van der Waals surface area contributed by atoms with Crippen LogP contribution in [0, 0.1) is 24.0 Å². The highest BCUT2D eigenvalue weighted by atomic mass is 32.2. The topological polar surface area (TPSA) is 126 Å². The molecule has 1 fully saturated rings. The Kier molecular flexibility index (Phi) is 5.31. The van der Waals surface area contributed by atoms with Gasteiger partial charge in [0.15, 0.2) is 16.4 Å². The lowest BCUT2D eigenvalue weighted by atomic mass is 10.1. The number of sulfone groups is 1. The molecule has 0 spiro atoms. The molecule has 1 heterocycles. The van der Waals surface area contributed by atoms with E-state index in [0.29, 0.717) is 11.6 Å². The van der Waals surface area contributed by atoms with Crippen molar-refractivity contribution in [3.8, 4) is 0 Å². The van der Waals surface area contributed by atoms with E-state index in [-0.39, 0.29) is 11.3 Å². The Morgan fingerprint density at radius 2 is 1.90 bits per heavy atom. The zero-order valence-corrected chi connectivity index (χ0v) is 17.0. The molecule has 1 aromatic heterocycles. The predicted octanol–water partition coefficient (Wildman–Crippen LogP) is 2.79. The number of nitro groups is 1. The van der Waals surface area contributed by atoms with Gasteiger partial charge in [0, 0.05) is 35.3 Å². The van der Waals surface area contributed by atoms with Gasteiger partial charge in [-0.3, -0.25) is 14.9 Å². The van der Waals surface area contributed by atoms with Crippen LogP contribution in [0.2, 0.25) is 0 Å². The Balaban J connectivity index is 1.76. The number of hydrogen-bond acceptors (Lipinski definition) is 7. The van der Waals surface area contributed by atoms with Crippen molar-refractivity contribution < 1.29 is 27.7 Å². The standard InChI is InChI=1S/C19H20N2O7S/c1-11-8-15(12(2)20(11)14-5-6-14)17(22)10-28-19(23)13-4-7-18(29(3,26)27)16(9-13)21(24)25/h4,7-9,14H,5-6,10H2,1-3H3. The maximum absolute atomic E-state index is 12.5. The van der Waals surface area contributed by atoms with Crippen LogP contribution in [0.1, 0.15) is 51.0 Å². The van der Waals surface area contributed by atoms with Crippen molar-refractivity contribution in [1.82, 2.24) is 4.57 Å². The quantitative estimate of drug-likeness (QED) is 0.292.